The predicted molar refractivity (Wildman–Crippen MR) is 125 cm³/mol. The molecule has 1 amide bonds. The van der Waals surface area contributed by atoms with E-state index in [4.69, 9.17) is 4.74 Å². The Labute approximate surface area is 187 Å². The van der Waals surface area contributed by atoms with Gasteiger partial charge in [0, 0.05) is 30.8 Å². The third-order valence-electron chi connectivity index (χ3n) is 6.99. The van der Waals surface area contributed by atoms with Crippen molar-refractivity contribution < 1.29 is 9.53 Å². The molecule has 0 aromatic heterocycles. The molecule has 2 aliphatic heterocycles. The fourth-order valence-corrected chi connectivity index (χ4v) is 4.91. The van der Waals surface area contributed by atoms with E-state index in [1.165, 1.54) is 18.4 Å². The van der Waals surface area contributed by atoms with Crippen molar-refractivity contribution in [1.29, 1.82) is 0 Å². The zero-order valence-electron chi connectivity index (χ0n) is 19.1. The molecule has 4 rings (SSSR count). The van der Waals surface area contributed by atoms with Gasteiger partial charge in [0.05, 0.1) is 6.61 Å². The van der Waals surface area contributed by atoms with E-state index in [1.54, 1.807) is 0 Å². The third kappa shape index (κ3) is 5.48. The van der Waals surface area contributed by atoms with E-state index in [9.17, 15) is 4.79 Å². The quantitative estimate of drug-likeness (QED) is 0.641. The number of benzene rings is 2. The molecular formula is C27H36N2O2. The van der Waals surface area contributed by atoms with E-state index in [0.717, 1.165) is 63.5 Å². The van der Waals surface area contributed by atoms with Crippen LogP contribution in [0.3, 0.4) is 0 Å². The van der Waals surface area contributed by atoms with Crippen molar-refractivity contribution in [2.75, 3.05) is 32.8 Å². The summed E-state index contributed by atoms with van der Waals surface area (Å²) in [5.74, 6) is 1.75. The molecule has 2 aliphatic rings. The Morgan fingerprint density at radius 2 is 1.52 bits per heavy atom. The molecule has 2 aromatic carbocycles. The Morgan fingerprint density at radius 1 is 0.903 bits per heavy atom. The summed E-state index contributed by atoms with van der Waals surface area (Å²) < 4.78 is 6.06. The van der Waals surface area contributed by atoms with Gasteiger partial charge < -0.3 is 9.64 Å². The van der Waals surface area contributed by atoms with Gasteiger partial charge in [-0.05, 0) is 68.3 Å². The second-order valence-corrected chi connectivity index (χ2v) is 9.75. The SMILES string of the molecule is CC(C)COc1ccccc1CN1CCC2(CC1)CCN(C(=O)c1ccccc1)CC2. The summed E-state index contributed by atoms with van der Waals surface area (Å²) >= 11 is 0. The zero-order chi connectivity index (χ0) is 21.7. The average molecular weight is 421 g/mol. The van der Waals surface area contributed by atoms with Gasteiger partial charge in [0.15, 0.2) is 0 Å². The summed E-state index contributed by atoms with van der Waals surface area (Å²) in [5.41, 5.74) is 2.52. The molecule has 0 N–H and O–H groups in total. The van der Waals surface area contributed by atoms with Crippen LogP contribution >= 0.6 is 0 Å². The van der Waals surface area contributed by atoms with Crippen LogP contribution in [0, 0.1) is 11.3 Å². The number of piperidine rings is 2. The maximum atomic E-state index is 12.8. The number of carbonyl (C=O) groups is 1. The van der Waals surface area contributed by atoms with Crippen LogP contribution in [0.5, 0.6) is 5.75 Å². The van der Waals surface area contributed by atoms with Crippen LogP contribution in [0.25, 0.3) is 0 Å². The monoisotopic (exact) mass is 420 g/mol. The Bertz CT molecular complexity index is 847. The second kappa shape index (κ2) is 9.86. The second-order valence-electron chi connectivity index (χ2n) is 9.75. The van der Waals surface area contributed by atoms with Gasteiger partial charge in [-0.3, -0.25) is 9.69 Å². The van der Waals surface area contributed by atoms with Crippen LogP contribution in [-0.2, 0) is 6.54 Å². The molecule has 2 aromatic rings. The first-order valence-corrected chi connectivity index (χ1v) is 11.8. The van der Waals surface area contributed by atoms with Gasteiger partial charge in [0.2, 0.25) is 0 Å². The summed E-state index contributed by atoms with van der Waals surface area (Å²) in [6.07, 6.45) is 4.73. The van der Waals surface area contributed by atoms with E-state index in [0.29, 0.717) is 11.3 Å². The van der Waals surface area contributed by atoms with E-state index >= 15 is 0 Å². The van der Waals surface area contributed by atoms with E-state index < -0.39 is 0 Å². The van der Waals surface area contributed by atoms with Gasteiger partial charge in [0.25, 0.3) is 5.91 Å². The van der Waals surface area contributed by atoms with Crippen LogP contribution in [0.2, 0.25) is 0 Å². The van der Waals surface area contributed by atoms with Crippen LogP contribution in [-0.4, -0.2) is 48.5 Å². The standard InChI is InChI=1S/C27H36N2O2/c1-22(2)21-31-25-11-7-6-10-24(25)20-28-16-12-27(13-17-28)14-18-29(19-15-27)26(30)23-8-4-3-5-9-23/h3-11,22H,12-21H2,1-2H3. The smallest absolute Gasteiger partial charge is 0.253 e. The molecule has 0 saturated carbocycles. The molecule has 0 radical (unpaired) electrons. The molecule has 166 valence electrons. The molecule has 2 saturated heterocycles. The highest BCUT2D eigenvalue weighted by Crippen LogP contribution is 2.42. The summed E-state index contributed by atoms with van der Waals surface area (Å²) in [5, 5.41) is 0. The zero-order valence-corrected chi connectivity index (χ0v) is 19.1. The molecule has 0 aliphatic carbocycles. The molecule has 0 atom stereocenters. The van der Waals surface area contributed by atoms with Crippen LogP contribution < -0.4 is 4.74 Å². The highest BCUT2D eigenvalue weighted by atomic mass is 16.5. The molecule has 1 spiro atoms. The van der Waals surface area contributed by atoms with Gasteiger partial charge in [-0.1, -0.05) is 50.2 Å². The number of likely N-dealkylation sites (tertiary alicyclic amines) is 2. The maximum absolute atomic E-state index is 12.8. The largest absolute Gasteiger partial charge is 0.493 e. The molecule has 0 unspecified atom stereocenters. The highest BCUT2D eigenvalue weighted by Gasteiger charge is 2.38. The van der Waals surface area contributed by atoms with Crippen molar-refractivity contribution in [3.63, 3.8) is 0 Å². The van der Waals surface area contributed by atoms with Crippen molar-refractivity contribution in [3.8, 4) is 5.75 Å². The number of carbonyl (C=O) groups excluding carboxylic acids is 1. The number of amides is 1. The van der Waals surface area contributed by atoms with E-state index in [2.05, 4.69) is 47.9 Å². The number of hydrogen-bond acceptors (Lipinski definition) is 3. The first kappa shape index (κ1) is 21.9. The lowest BCUT2D eigenvalue weighted by molar-refractivity contribution is 0.0283. The van der Waals surface area contributed by atoms with Crippen molar-refractivity contribution in [2.24, 2.45) is 11.3 Å². The molecule has 2 fully saturated rings. The fourth-order valence-electron chi connectivity index (χ4n) is 4.91. The van der Waals surface area contributed by atoms with Crippen LogP contribution in [0.15, 0.2) is 54.6 Å². The Balaban J connectivity index is 1.28. The number of hydrogen-bond donors (Lipinski definition) is 0. The normalized spacial score (nSPS) is 19.0. The Hall–Kier alpha value is -2.33. The van der Waals surface area contributed by atoms with Crippen LogP contribution in [0.1, 0.15) is 55.5 Å². The van der Waals surface area contributed by atoms with Crippen molar-refractivity contribution >= 4 is 5.91 Å². The summed E-state index contributed by atoms with van der Waals surface area (Å²) in [6, 6.07) is 18.2. The first-order chi connectivity index (χ1) is 15.0. The minimum Gasteiger partial charge on any atom is -0.493 e. The molecule has 4 heteroatoms. The minimum atomic E-state index is 0.186. The van der Waals surface area contributed by atoms with Crippen molar-refractivity contribution in [2.45, 2.75) is 46.1 Å². The van der Waals surface area contributed by atoms with Gasteiger partial charge in [-0.25, -0.2) is 0 Å². The lowest BCUT2D eigenvalue weighted by Gasteiger charge is -2.47. The van der Waals surface area contributed by atoms with Gasteiger partial charge in [-0.15, -0.1) is 0 Å². The Morgan fingerprint density at radius 3 is 2.19 bits per heavy atom. The molecular weight excluding hydrogens is 384 g/mol. The van der Waals surface area contributed by atoms with Gasteiger partial charge >= 0.3 is 0 Å². The lowest BCUT2D eigenvalue weighted by Crippen LogP contribution is -2.48. The average Bonchev–Trinajstić information content (AvgIpc) is 2.81. The minimum absolute atomic E-state index is 0.186. The summed E-state index contributed by atoms with van der Waals surface area (Å²) in [7, 11) is 0. The van der Waals surface area contributed by atoms with E-state index in [-0.39, 0.29) is 5.91 Å². The summed E-state index contributed by atoms with van der Waals surface area (Å²) in [4.78, 5) is 17.4. The topological polar surface area (TPSA) is 32.8 Å². The molecule has 0 bridgehead atoms. The number of nitrogens with zero attached hydrogens (tertiary/aromatic N) is 2. The number of para-hydroxylation sites is 1. The third-order valence-corrected chi connectivity index (χ3v) is 6.99. The Kier molecular flexibility index (Phi) is 6.96. The van der Waals surface area contributed by atoms with Crippen LogP contribution in [0.4, 0.5) is 0 Å². The first-order valence-electron chi connectivity index (χ1n) is 11.8. The molecule has 31 heavy (non-hydrogen) atoms. The molecule has 4 nitrogen and oxygen atoms in total. The fraction of sp³-hybridized carbons (Fsp3) is 0.519. The predicted octanol–water partition coefficient (Wildman–Crippen LogP) is 5.24. The number of rotatable bonds is 6. The maximum Gasteiger partial charge on any atom is 0.253 e. The van der Waals surface area contributed by atoms with Gasteiger partial charge in [-0.2, -0.15) is 0 Å². The molecule has 2 heterocycles. The highest BCUT2D eigenvalue weighted by molar-refractivity contribution is 5.94. The lowest BCUT2D eigenvalue weighted by atomic mass is 9.71. The van der Waals surface area contributed by atoms with Gasteiger partial charge in [0.1, 0.15) is 5.75 Å². The van der Waals surface area contributed by atoms with Crippen molar-refractivity contribution in [1.82, 2.24) is 9.80 Å². The number of ether oxygens (including phenoxy) is 1. The van der Waals surface area contributed by atoms with E-state index in [1.807, 2.05) is 30.3 Å². The van der Waals surface area contributed by atoms with Crippen molar-refractivity contribution in [3.05, 3.63) is 65.7 Å². The summed E-state index contributed by atoms with van der Waals surface area (Å²) in [6.45, 7) is 10.1.